The minimum atomic E-state index is -0.386. The molecule has 0 aliphatic carbocycles. The minimum absolute atomic E-state index is 0.0663. The Kier molecular flexibility index (Phi) is 6.15. The quantitative estimate of drug-likeness (QED) is 0.468. The van der Waals surface area contributed by atoms with E-state index in [1.165, 1.54) is 11.3 Å². The number of nitrogens with zero attached hydrogens (tertiary/aromatic N) is 3. The van der Waals surface area contributed by atoms with Gasteiger partial charge in [-0.15, -0.1) is 11.3 Å². The predicted octanol–water partition coefficient (Wildman–Crippen LogP) is 4.89. The van der Waals surface area contributed by atoms with Crippen LogP contribution < -0.4 is 10.2 Å². The van der Waals surface area contributed by atoms with Gasteiger partial charge in [0.05, 0.1) is 0 Å². The third-order valence-corrected chi connectivity index (χ3v) is 5.77. The van der Waals surface area contributed by atoms with Gasteiger partial charge >= 0.3 is 0 Å². The number of amides is 1. The number of carbonyl (C=O) groups is 1. The van der Waals surface area contributed by atoms with Gasteiger partial charge in [0.15, 0.2) is 5.13 Å². The summed E-state index contributed by atoms with van der Waals surface area (Å²) in [7, 11) is 1.92. The number of pyridine rings is 1. The number of rotatable bonds is 7. The summed E-state index contributed by atoms with van der Waals surface area (Å²) in [5.41, 5.74) is 3.96. The van der Waals surface area contributed by atoms with Crippen LogP contribution in [-0.4, -0.2) is 29.0 Å². The van der Waals surface area contributed by atoms with Crippen molar-refractivity contribution in [2.45, 2.75) is 12.5 Å². The highest BCUT2D eigenvalue weighted by Gasteiger charge is 2.25. The zero-order chi connectivity index (χ0) is 20.8. The second-order valence-corrected chi connectivity index (χ2v) is 7.81. The van der Waals surface area contributed by atoms with Gasteiger partial charge < -0.3 is 10.2 Å². The molecule has 0 saturated heterocycles. The standard InChI is InChI=1S/C24H22N4OS/c1-28(24-26-14-15-30-24)22(16-18-6-3-2-4-7-18)23(29)27-21-9-5-8-20(17-21)19-10-12-25-13-11-19/h2-15,17,22H,16H2,1H3,(H,27,29)/t22-/m1/s1. The molecule has 5 nitrogen and oxygen atoms in total. The van der Waals surface area contributed by atoms with E-state index in [1.54, 1.807) is 18.6 Å². The fraction of sp³-hybridized carbons (Fsp3) is 0.125. The summed E-state index contributed by atoms with van der Waals surface area (Å²) in [6, 6.07) is 21.4. The number of hydrogen-bond acceptors (Lipinski definition) is 5. The van der Waals surface area contributed by atoms with Crippen molar-refractivity contribution in [1.82, 2.24) is 9.97 Å². The van der Waals surface area contributed by atoms with Crippen LogP contribution in [-0.2, 0) is 11.2 Å². The molecule has 0 unspecified atom stereocenters. The van der Waals surface area contributed by atoms with E-state index in [1.807, 2.05) is 84.1 Å². The highest BCUT2D eigenvalue weighted by molar-refractivity contribution is 7.13. The molecule has 0 bridgehead atoms. The normalized spacial score (nSPS) is 11.6. The maximum atomic E-state index is 13.3. The molecule has 1 N–H and O–H groups in total. The fourth-order valence-corrected chi connectivity index (χ4v) is 3.97. The van der Waals surface area contributed by atoms with Gasteiger partial charge in [0.25, 0.3) is 0 Å². The number of nitrogens with one attached hydrogen (secondary N) is 1. The Hall–Kier alpha value is -3.51. The van der Waals surface area contributed by atoms with Crippen molar-refractivity contribution in [3.8, 4) is 11.1 Å². The van der Waals surface area contributed by atoms with Gasteiger partial charge in [-0.1, -0.05) is 42.5 Å². The summed E-state index contributed by atoms with van der Waals surface area (Å²) in [6.07, 6.45) is 5.87. The number of anilines is 2. The van der Waals surface area contributed by atoms with Crippen LogP contribution in [0.3, 0.4) is 0 Å². The van der Waals surface area contributed by atoms with Crippen molar-refractivity contribution in [2.24, 2.45) is 0 Å². The molecular weight excluding hydrogens is 392 g/mol. The summed E-state index contributed by atoms with van der Waals surface area (Å²) in [5, 5.41) is 5.83. The van der Waals surface area contributed by atoms with Gasteiger partial charge in [-0.2, -0.15) is 0 Å². The summed E-state index contributed by atoms with van der Waals surface area (Å²) in [4.78, 5) is 23.7. The second-order valence-electron chi connectivity index (χ2n) is 6.94. The lowest BCUT2D eigenvalue weighted by Crippen LogP contribution is -2.43. The van der Waals surface area contributed by atoms with Crippen molar-refractivity contribution in [3.63, 3.8) is 0 Å². The molecule has 4 rings (SSSR count). The Morgan fingerprint density at radius 2 is 1.80 bits per heavy atom. The second kappa shape index (κ2) is 9.33. The van der Waals surface area contributed by atoms with Gasteiger partial charge in [-0.05, 0) is 41.0 Å². The Labute approximate surface area is 180 Å². The lowest BCUT2D eigenvalue weighted by Gasteiger charge is -2.27. The smallest absolute Gasteiger partial charge is 0.247 e. The number of hydrogen-bond donors (Lipinski definition) is 1. The van der Waals surface area contributed by atoms with Gasteiger partial charge in [0.1, 0.15) is 6.04 Å². The molecule has 0 aliphatic rings. The van der Waals surface area contributed by atoms with Crippen LogP contribution in [0.4, 0.5) is 10.8 Å². The molecule has 2 heterocycles. The first-order chi connectivity index (χ1) is 14.7. The van der Waals surface area contributed by atoms with Crippen LogP contribution in [0.5, 0.6) is 0 Å². The van der Waals surface area contributed by atoms with Crippen LogP contribution in [0.1, 0.15) is 5.56 Å². The topological polar surface area (TPSA) is 58.1 Å². The lowest BCUT2D eigenvalue weighted by atomic mass is 10.0. The van der Waals surface area contributed by atoms with Crippen molar-refractivity contribution < 1.29 is 4.79 Å². The molecule has 6 heteroatoms. The minimum Gasteiger partial charge on any atom is -0.339 e. The van der Waals surface area contributed by atoms with E-state index < -0.39 is 0 Å². The van der Waals surface area contributed by atoms with Crippen LogP contribution in [0.2, 0.25) is 0 Å². The molecular formula is C24H22N4OS. The number of thiazole rings is 1. The van der Waals surface area contributed by atoms with Crippen LogP contribution in [0.25, 0.3) is 11.1 Å². The largest absolute Gasteiger partial charge is 0.339 e. The molecule has 0 saturated carbocycles. The lowest BCUT2D eigenvalue weighted by molar-refractivity contribution is -0.117. The zero-order valence-corrected chi connectivity index (χ0v) is 17.4. The molecule has 30 heavy (non-hydrogen) atoms. The van der Waals surface area contributed by atoms with E-state index in [0.29, 0.717) is 6.42 Å². The molecule has 1 amide bonds. The van der Waals surface area contributed by atoms with Crippen LogP contribution >= 0.6 is 11.3 Å². The van der Waals surface area contributed by atoms with Gasteiger partial charge in [-0.3, -0.25) is 9.78 Å². The van der Waals surface area contributed by atoms with Crippen molar-refractivity contribution in [2.75, 3.05) is 17.3 Å². The Morgan fingerprint density at radius 1 is 1.00 bits per heavy atom. The predicted molar refractivity (Wildman–Crippen MR) is 123 cm³/mol. The van der Waals surface area contributed by atoms with E-state index >= 15 is 0 Å². The number of benzene rings is 2. The molecule has 1 atom stereocenters. The number of aromatic nitrogens is 2. The summed E-state index contributed by atoms with van der Waals surface area (Å²) >= 11 is 1.52. The average Bonchev–Trinajstić information content (AvgIpc) is 3.33. The van der Waals surface area contributed by atoms with Crippen molar-refractivity contribution in [3.05, 3.63) is 96.3 Å². The number of likely N-dealkylation sites (N-methyl/N-ethyl adjacent to an activating group) is 1. The van der Waals surface area contributed by atoms with Gasteiger partial charge in [0, 0.05) is 43.1 Å². The molecule has 0 fully saturated rings. The van der Waals surface area contributed by atoms with E-state index in [-0.39, 0.29) is 11.9 Å². The molecule has 2 aromatic carbocycles. The molecule has 0 radical (unpaired) electrons. The summed E-state index contributed by atoms with van der Waals surface area (Å²) < 4.78 is 0. The maximum absolute atomic E-state index is 13.3. The highest BCUT2D eigenvalue weighted by Crippen LogP contribution is 2.24. The first-order valence-corrected chi connectivity index (χ1v) is 10.6. The van der Waals surface area contributed by atoms with Crippen LogP contribution in [0, 0.1) is 0 Å². The van der Waals surface area contributed by atoms with Gasteiger partial charge in [0.2, 0.25) is 5.91 Å². The van der Waals surface area contributed by atoms with E-state index in [2.05, 4.69) is 15.3 Å². The number of carbonyl (C=O) groups excluding carboxylic acids is 1. The first kappa shape index (κ1) is 19.8. The fourth-order valence-electron chi connectivity index (χ4n) is 3.31. The third kappa shape index (κ3) is 4.72. The summed E-state index contributed by atoms with van der Waals surface area (Å²) in [5.74, 6) is -0.0663. The Bertz CT molecular complexity index is 1080. The van der Waals surface area contributed by atoms with E-state index in [9.17, 15) is 4.79 Å². The Morgan fingerprint density at radius 3 is 2.53 bits per heavy atom. The van der Waals surface area contributed by atoms with Crippen molar-refractivity contribution in [1.29, 1.82) is 0 Å². The molecule has 150 valence electrons. The monoisotopic (exact) mass is 414 g/mol. The Balaban J connectivity index is 1.57. The molecule has 0 aliphatic heterocycles. The van der Waals surface area contributed by atoms with Crippen LogP contribution in [0.15, 0.2) is 90.7 Å². The maximum Gasteiger partial charge on any atom is 0.247 e. The van der Waals surface area contributed by atoms with E-state index in [4.69, 9.17) is 0 Å². The van der Waals surface area contributed by atoms with Gasteiger partial charge in [-0.25, -0.2) is 4.98 Å². The highest BCUT2D eigenvalue weighted by atomic mass is 32.1. The SMILES string of the molecule is CN(c1nccs1)[C@H](Cc1ccccc1)C(=O)Nc1cccc(-c2ccncc2)c1. The van der Waals surface area contributed by atoms with E-state index in [0.717, 1.165) is 27.5 Å². The molecule has 0 spiro atoms. The molecule has 4 aromatic rings. The third-order valence-electron chi connectivity index (χ3n) is 4.91. The first-order valence-electron chi connectivity index (χ1n) is 9.68. The zero-order valence-electron chi connectivity index (χ0n) is 16.6. The molecule has 2 aromatic heterocycles. The average molecular weight is 415 g/mol. The van der Waals surface area contributed by atoms with Crippen molar-refractivity contribution >= 4 is 28.1 Å². The summed E-state index contributed by atoms with van der Waals surface area (Å²) in [6.45, 7) is 0.